The second-order valence-corrected chi connectivity index (χ2v) is 8.94. The van der Waals surface area contributed by atoms with Crippen LogP contribution in [0.1, 0.15) is 38.4 Å². The Balaban J connectivity index is 0.00000226. The topological polar surface area (TPSA) is 99.9 Å². The summed E-state index contributed by atoms with van der Waals surface area (Å²) in [6.45, 7) is 8.28. The molecule has 0 aliphatic carbocycles. The fourth-order valence-electron chi connectivity index (χ4n) is 3.78. The van der Waals surface area contributed by atoms with Crippen molar-refractivity contribution in [2.24, 2.45) is 10.1 Å². The molecular weight excluding hydrogens is 543 g/mol. The quantitative estimate of drug-likeness (QED) is 0.156. The van der Waals surface area contributed by atoms with E-state index in [-0.39, 0.29) is 11.8 Å². The van der Waals surface area contributed by atoms with Gasteiger partial charge >= 0.3 is 0 Å². The van der Waals surface area contributed by atoms with Crippen molar-refractivity contribution in [2.45, 2.75) is 27.2 Å². The van der Waals surface area contributed by atoms with Crippen LogP contribution >= 0.6 is 11.6 Å². The second-order valence-electron chi connectivity index (χ2n) is 8.51. The van der Waals surface area contributed by atoms with Crippen LogP contribution in [0.5, 0.6) is 0 Å². The first kappa shape index (κ1) is 31.4. The molecule has 0 unspecified atom stereocenters. The number of nitrogens with one attached hydrogen (secondary N) is 2. The zero-order chi connectivity index (χ0) is 29.5. The number of rotatable bonds is 10. The summed E-state index contributed by atoms with van der Waals surface area (Å²) in [5.74, 6) is -0.0660. The average molecular weight is 579 g/mol. The van der Waals surface area contributed by atoms with Gasteiger partial charge in [0.05, 0.1) is 43.2 Å². The van der Waals surface area contributed by atoms with Crippen LogP contribution in [-0.2, 0) is 4.74 Å². The lowest BCUT2D eigenvalue weighted by Gasteiger charge is -2.27. The Morgan fingerprint density at radius 1 is 1.12 bits per heavy atom. The normalized spacial score (nSPS) is 14.0. The Bertz CT molecular complexity index is 1370. The molecule has 41 heavy (non-hydrogen) atoms. The lowest BCUT2D eigenvalue weighted by Crippen LogP contribution is -2.37. The van der Waals surface area contributed by atoms with Crippen molar-refractivity contribution >= 4 is 52.7 Å². The van der Waals surface area contributed by atoms with E-state index in [1.807, 2.05) is 61.2 Å². The van der Waals surface area contributed by atoms with Crippen molar-refractivity contribution in [1.82, 2.24) is 15.0 Å². The number of ether oxygens (including phenoxy) is 1. The molecular formula is C30H36ClFN8O. The third-order valence-electron chi connectivity index (χ3n) is 5.62. The molecule has 9 nitrogen and oxygen atoms in total. The Hall–Kier alpha value is -4.15. The molecule has 0 saturated carbocycles. The molecule has 216 valence electrons. The molecule has 1 aliphatic heterocycles. The van der Waals surface area contributed by atoms with Gasteiger partial charge in [-0.3, -0.25) is 9.98 Å². The number of morpholine rings is 1. The monoisotopic (exact) mass is 578 g/mol. The van der Waals surface area contributed by atoms with Gasteiger partial charge in [0.2, 0.25) is 5.95 Å². The molecule has 2 N–H and O–H groups in total. The molecule has 1 saturated heterocycles. The lowest BCUT2D eigenvalue weighted by atomic mass is 10.1. The molecule has 0 spiro atoms. The van der Waals surface area contributed by atoms with E-state index in [1.165, 1.54) is 6.21 Å². The summed E-state index contributed by atoms with van der Waals surface area (Å²) in [6.07, 6.45) is 13.2. The third-order valence-corrected chi connectivity index (χ3v) is 5.84. The van der Waals surface area contributed by atoms with Crippen LogP contribution in [0.25, 0.3) is 5.57 Å². The van der Waals surface area contributed by atoms with Crippen molar-refractivity contribution in [1.29, 1.82) is 0 Å². The molecule has 4 rings (SSSR count). The van der Waals surface area contributed by atoms with Gasteiger partial charge in [0.1, 0.15) is 0 Å². The van der Waals surface area contributed by atoms with Crippen molar-refractivity contribution in [3.63, 3.8) is 0 Å². The first-order chi connectivity index (χ1) is 20.1. The van der Waals surface area contributed by atoms with Crippen molar-refractivity contribution in [3.05, 3.63) is 83.1 Å². The van der Waals surface area contributed by atoms with E-state index < -0.39 is 5.82 Å². The van der Waals surface area contributed by atoms with E-state index in [0.29, 0.717) is 37.0 Å². The lowest BCUT2D eigenvalue weighted by molar-refractivity contribution is 0.122. The van der Waals surface area contributed by atoms with Gasteiger partial charge in [-0.2, -0.15) is 10.1 Å². The number of aromatic nitrogens is 3. The number of pyridine rings is 1. The van der Waals surface area contributed by atoms with Crippen molar-refractivity contribution in [2.75, 3.05) is 49.0 Å². The SMILES string of the molecule is CC.CC/C=C/C=C(\C=NC)c1cc(Cl)cc(Nc2ccc(/C=N/Nc3ncc(F)c(N4CCOCC4)n3)nc2)c1. The highest BCUT2D eigenvalue weighted by atomic mass is 35.5. The van der Waals surface area contributed by atoms with E-state index in [9.17, 15) is 4.39 Å². The maximum atomic E-state index is 14.2. The maximum absolute atomic E-state index is 14.2. The number of benzene rings is 1. The van der Waals surface area contributed by atoms with Crippen molar-refractivity contribution in [3.8, 4) is 0 Å². The van der Waals surface area contributed by atoms with Gasteiger partial charge in [-0.1, -0.05) is 50.6 Å². The Labute approximate surface area is 246 Å². The minimum Gasteiger partial charge on any atom is -0.378 e. The van der Waals surface area contributed by atoms with Crippen LogP contribution in [0.4, 0.5) is 27.5 Å². The molecule has 1 aromatic carbocycles. The van der Waals surface area contributed by atoms with Crippen LogP contribution < -0.4 is 15.6 Å². The fraction of sp³-hybridized carbons (Fsp3) is 0.300. The number of anilines is 4. The average Bonchev–Trinajstić information content (AvgIpc) is 3.00. The van der Waals surface area contributed by atoms with Crippen LogP contribution in [0.3, 0.4) is 0 Å². The maximum Gasteiger partial charge on any atom is 0.245 e. The van der Waals surface area contributed by atoms with Gasteiger partial charge in [-0.15, -0.1) is 0 Å². The highest BCUT2D eigenvalue weighted by Crippen LogP contribution is 2.26. The number of hydrazone groups is 1. The Kier molecular flexibility index (Phi) is 12.9. The highest BCUT2D eigenvalue weighted by molar-refractivity contribution is 6.31. The number of allylic oxidation sites excluding steroid dienone is 4. The van der Waals surface area contributed by atoms with E-state index >= 15 is 0 Å². The fourth-order valence-corrected chi connectivity index (χ4v) is 4.01. The number of hydrogen-bond acceptors (Lipinski definition) is 9. The summed E-state index contributed by atoms with van der Waals surface area (Å²) in [6, 6.07) is 9.45. The Morgan fingerprint density at radius 3 is 2.63 bits per heavy atom. The summed E-state index contributed by atoms with van der Waals surface area (Å²) in [5.41, 5.74) is 6.85. The zero-order valence-electron chi connectivity index (χ0n) is 23.8. The van der Waals surface area contributed by atoms with Gasteiger partial charge in [0.25, 0.3) is 0 Å². The Morgan fingerprint density at radius 2 is 1.93 bits per heavy atom. The smallest absolute Gasteiger partial charge is 0.245 e. The molecule has 0 atom stereocenters. The summed E-state index contributed by atoms with van der Waals surface area (Å²) in [7, 11) is 1.74. The minimum atomic E-state index is -0.484. The molecule has 0 amide bonds. The van der Waals surface area contributed by atoms with Gasteiger partial charge in [0, 0.05) is 37.1 Å². The molecule has 11 heteroatoms. The molecule has 3 heterocycles. The van der Waals surface area contributed by atoms with Gasteiger partial charge < -0.3 is 15.0 Å². The van der Waals surface area contributed by atoms with Gasteiger partial charge in [-0.25, -0.2) is 14.8 Å². The highest BCUT2D eigenvalue weighted by Gasteiger charge is 2.17. The molecule has 1 aliphatic rings. The predicted octanol–water partition coefficient (Wildman–Crippen LogP) is 6.77. The van der Waals surface area contributed by atoms with Crippen LogP contribution in [0, 0.1) is 5.82 Å². The molecule has 0 bridgehead atoms. The van der Waals surface area contributed by atoms with Gasteiger partial charge in [-0.05, 0) is 47.9 Å². The van der Waals surface area contributed by atoms with E-state index in [1.54, 1.807) is 19.5 Å². The van der Waals surface area contributed by atoms with Gasteiger partial charge in [0.15, 0.2) is 11.6 Å². The second kappa shape index (κ2) is 16.8. The van der Waals surface area contributed by atoms with Crippen LogP contribution in [0.15, 0.2) is 71.0 Å². The van der Waals surface area contributed by atoms with E-state index in [0.717, 1.165) is 35.1 Å². The van der Waals surface area contributed by atoms with Crippen molar-refractivity contribution < 1.29 is 9.13 Å². The van der Waals surface area contributed by atoms with Crippen LogP contribution in [-0.4, -0.2) is 60.7 Å². The minimum absolute atomic E-state index is 0.191. The third kappa shape index (κ3) is 9.77. The summed E-state index contributed by atoms with van der Waals surface area (Å²) in [5, 5.41) is 8.08. The standard InChI is InChI=1S/C28H30ClFN8O.C2H6/c1-3-4-5-6-20(16-31-2)21-13-22(29)15-25(14-21)35-24-8-7-23(32-17-24)18-34-37-28-33-19-26(30)27(36-28)38-9-11-39-12-10-38;1-2/h4-8,13-19,35H,3,9-12H2,1-2H3,(H,33,36,37);1-2H3/b5-4+,20-6+,31-16?,34-18+;. The molecule has 3 aromatic rings. The van der Waals surface area contributed by atoms with E-state index in [4.69, 9.17) is 16.3 Å². The first-order valence-corrected chi connectivity index (χ1v) is 13.9. The predicted molar refractivity (Wildman–Crippen MR) is 168 cm³/mol. The summed E-state index contributed by atoms with van der Waals surface area (Å²) < 4.78 is 19.5. The largest absolute Gasteiger partial charge is 0.378 e. The summed E-state index contributed by atoms with van der Waals surface area (Å²) in [4.78, 5) is 18.6. The number of nitrogens with zero attached hydrogens (tertiary/aromatic N) is 6. The first-order valence-electron chi connectivity index (χ1n) is 13.5. The number of aliphatic imine (C=N–C) groups is 1. The number of hydrogen-bond donors (Lipinski definition) is 2. The van der Waals surface area contributed by atoms with E-state index in [2.05, 4.69) is 48.8 Å². The van der Waals surface area contributed by atoms with Crippen LogP contribution in [0.2, 0.25) is 5.02 Å². The number of halogens is 2. The zero-order valence-corrected chi connectivity index (χ0v) is 24.6. The molecule has 2 aromatic heterocycles. The summed E-state index contributed by atoms with van der Waals surface area (Å²) >= 11 is 6.41. The molecule has 0 radical (unpaired) electrons. The molecule has 1 fully saturated rings.